The van der Waals surface area contributed by atoms with Gasteiger partial charge in [0.15, 0.2) is 0 Å². The van der Waals surface area contributed by atoms with E-state index in [0.717, 1.165) is 23.9 Å². The minimum atomic E-state index is -0.413. The van der Waals surface area contributed by atoms with Crippen LogP contribution in [0.1, 0.15) is 19.8 Å². The second-order valence-corrected chi connectivity index (χ2v) is 5.55. The van der Waals surface area contributed by atoms with Crippen LogP contribution < -0.4 is 10.6 Å². The van der Waals surface area contributed by atoms with Crippen LogP contribution in [0, 0.1) is 11.2 Å². The molecule has 3 nitrogen and oxygen atoms in total. The molecule has 1 atom stereocenters. The van der Waals surface area contributed by atoms with Gasteiger partial charge in [0.25, 0.3) is 0 Å². The van der Waals surface area contributed by atoms with Gasteiger partial charge in [0, 0.05) is 11.0 Å². The molecule has 1 aliphatic rings. The van der Waals surface area contributed by atoms with Gasteiger partial charge in [-0.15, -0.1) is 0 Å². The molecule has 1 unspecified atom stereocenters. The number of hydrogen-bond donors (Lipinski definition) is 2. The van der Waals surface area contributed by atoms with Crippen molar-refractivity contribution in [1.82, 2.24) is 5.32 Å². The van der Waals surface area contributed by atoms with E-state index in [0.29, 0.717) is 6.54 Å². The van der Waals surface area contributed by atoms with Crippen LogP contribution in [0.4, 0.5) is 10.1 Å². The molecule has 0 spiro atoms. The minimum Gasteiger partial charge on any atom is -0.323 e. The van der Waals surface area contributed by atoms with Crippen molar-refractivity contribution < 1.29 is 9.18 Å². The summed E-state index contributed by atoms with van der Waals surface area (Å²) in [7, 11) is 0. The summed E-state index contributed by atoms with van der Waals surface area (Å²) in [6.45, 7) is 3.48. The predicted molar refractivity (Wildman–Crippen MR) is 72.9 cm³/mol. The molecule has 0 saturated carbocycles. The predicted octanol–water partition coefficient (Wildman–Crippen LogP) is 2.92. The van der Waals surface area contributed by atoms with Gasteiger partial charge >= 0.3 is 0 Å². The Labute approximate surface area is 114 Å². The fourth-order valence-electron chi connectivity index (χ4n) is 2.25. The summed E-state index contributed by atoms with van der Waals surface area (Å²) in [5, 5.41) is 5.89. The quantitative estimate of drug-likeness (QED) is 0.900. The van der Waals surface area contributed by atoms with Crippen molar-refractivity contribution in [1.29, 1.82) is 0 Å². The Morgan fingerprint density at radius 3 is 3.00 bits per heavy atom. The molecule has 1 aromatic carbocycles. The SMILES string of the molecule is CCC1(C(=O)Nc2cc(Br)ccc2F)CCNC1. The molecule has 1 saturated heterocycles. The Balaban J connectivity index is 2.18. The van der Waals surface area contributed by atoms with E-state index >= 15 is 0 Å². The van der Waals surface area contributed by atoms with Crippen LogP contribution in [0.3, 0.4) is 0 Å². The molecule has 2 rings (SSSR count). The largest absolute Gasteiger partial charge is 0.323 e. The first-order valence-electron chi connectivity index (χ1n) is 6.04. The summed E-state index contributed by atoms with van der Waals surface area (Å²) >= 11 is 3.27. The number of anilines is 1. The Morgan fingerprint density at radius 2 is 2.39 bits per heavy atom. The third kappa shape index (κ3) is 2.57. The lowest BCUT2D eigenvalue weighted by Crippen LogP contribution is -2.37. The number of carbonyl (C=O) groups excluding carboxylic acids is 1. The second kappa shape index (κ2) is 5.36. The van der Waals surface area contributed by atoms with Crippen LogP contribution in [-0.2, 0) is 4.79 Å². The van der Waals surface area contributed by atoms with Gasteiger partial charge in [-0.2, -0.15) is 0 Å². The molecule has 1 aliphatic heterocycles. The lowest BCUT2D eigenvalue weighted by Gasteiger charge is -2.25. The highest BCUT2D eigenvalue weighted by atomic mass is 79.9. The molecule has 2 N–H and O–H groups in total. The molecule has 0 radical (unpaired) electrons. The van der Waals surface area contributed by atoms with Crippen molar-refractivity contribution in [3.05, 3.63) is 28.5 Å². The second-order valence-electron chi connectivity index (χ2n) is 4.64. The summed E-state index contributed by atoms with van der Waals surface area (Å²) in [4.78, 5) is 12.3. The van der Waals surface area contributed by atoms with Crippen molar-refractivity contribution in [2.24, 2.45) is 5.41 Å². The van der Waals surface area contributed by atoms with Crippen LogP contribution in [0.15, 0.2) is 22.7 Å². The van der Waals surface area contributed by atoms with E-state index in [1.165, 1.54) is 6.07 Å². The van der Waals surface area contributed by atoms with Crippen molar-refractivity contribution >= 4 is 27.5 Å². The van der Waals surface area contributed by atoms with Crippen LogP contribution in [0.5, 0.6) is 0 Å². The van der Waals surface area contributed by atoms with Gasteiger partial charge in [-0.25, -0.2) is 4.39 Å². The van der Waals surface area contributed by atoms with Crippen molar-refractivity contribution in [3.63, 3.8) is 0 Å². The lowest BCUT2D eigenvalue weighted by atomic mass is 9.83. The Bertz CT molecular complexity index is 458. The molecule has 18 heavy (non-hydrogen) atoms. The molecule has 1 heterocycles. The number of carbonyl (C=O) groups is 1. The van der Waals surface area contributed by atoms with Crippen LogP contribution >= 0.6 is 15.9 Å². The zero-order chi connectivity index (χ0) is 13.2. The maximum absolute atomic E-state index is 13.6. The molecular formula is C13H16BrFN2O. The average molecular weight is 315 g/mol. The highest BCUT2D eigenvalue weighted by molar-refractivity contribution is 9.10. The van der Waals surface area contributed by atoms with E-state index in [2.05, 4.69) is 26.6 Å². The van der Waals surface area contributed by atoms with E-state index in [-0.39, 0.29) is 11.6 Å². The number of hydrogen-bond acceptors (Lipinski definition) is 2. The number of rotatable bonds is 3. The van der Waals surface area contributed by atoms with E-state index in [1.807, 2.05) is 6.92 Å². The van der Waals surface area contributed by atoms with Crippen molar-refractivity contribution in [2.75, 3.05) is 18.4 Å². The summed E-state index contributed by atoms with van der Waals surface area (Å²) < 4.78 is 14.3. The molecule has 5 heteroatoms. The number of amides is 1. The van der Waals surface area contributed by atoms with E-state index < -0.39 is 11.2 Å². The molecule has 98 valence electrons. The first kappa shape index (κ1) is 13.5. The summed E-state index contributed by atoms with van der Waals surface area (Å²) in [5.74, 6) is -0.518. The first-order valence-corrected chi connectivity index (χ1v) is 6.84. The lowest BCUT2D eigenvalue weighted by molar-refractivity contribution is -0.124. The summed E-state index contributed by atoms with van der Waals surface area (Å²) in [6.07, 6.45) is 1.55. The molecule has 0 aromatic heterocycles. The highest BCUT2D eigenvalue weighted by Gasteiger charge is 2.39. The van der Waals surface area contributed by atoms with Crippen LogP contribution in [0.25, 0.3) is 0 Å². The maximum atomic E-state index is 13.6. The highest BCUT2D eigenvalue weighted by Crippen LogP contribution is 2.31. The normalized spacial score (nSPS) is 23.1. The minimum absolute atomic E-state index is 0.105. The molecular weight excluding hydrogens is 299 g/mol. The fraction of sp³-hybridized carbons (Fsp3) is 0.462. The van der Waals surface area contributed by atoms with Gasteiger partial charge in [0.05, 0.1) is 11.1 Å². The third-order valence-electron chi connectivity index (χ3n) is 3.58. The Hall–Kier alpha value is -0.940. The fourth-order valence-corrected chi connectivity index (χ4v) is 2.61. The zero-order valence-electron chi connectivity index (χ0n) is 10.2. The zero-order valence-corrected chi connectivity index (χ0v) is 11.8. The van der Waals surface area contributed by atoms with E-state index in [1.54, 1.807) is 12.1 Å². The maximum Gasteiger partial charge on any atom is 0.231 e. The van der Waals surface area contributed by atoms with Gasteiger partial charge < -0.3 is 10.6 Å². The number of benzene rings is 1. The number of nitrogens with one attached hydrogen (secondary N) is 2. The van der Waals surface area contributed by atoms with Gasteiger partial charge in [0.1, 0.15) is 5.82 Å². The Kier molecular flexibility index (Phi) is 4.02. The molecule has 0 aliphatic carbocycles. The van der Waals surface area contributed by atoms with Gasteiger partial charge in [-0.1, -0.05) is 22.9 Å². The molecule has 1 aromatic rings. The standard InChI is InChI=1S/C13H16BrFN2O/c1-2-13(5-6-16-8-13)12(18)17-11-7-9(14)3-4-10(11)15/h3-4,7,16H,2,5-6,8H2,1H3,(H,17,18). The summed E-state index contributed by atoms with van der Waals surface area (Å²) in [5.41, 5.74) is -0.177. The number of halogens is 2. The Morgan fingerprint density at radius 1 is 1.61 bits per heavy atom. The molecule has 1 fully saturated rings. The average Bonchev–Trinajstić information content (AvgIpc) is 2.84. The van der Waals surface area contributed by atoms with E-state index in [9.17, 15) is 9.18 Å². The summed E-state index contributed by atoms with van der Waals surface area (Å²) in [6, 6.07) is 4.53. The topological polar surface area (TPSA) is 41.1 Å². The van der Waals surface area contributed by atoms with Gasteiger partial charge in [0.2, 0.25) is 5.91 Å². The molecule has 1 amide bonds. The first-order chi connectivity index (χ1) is 8.57. The van der Waals surface area contributed by atoms with Crippen molar-refractivity contribution in [3.8, 4) is 0 Å². The van der Waals surface area contributed by atoms with Crippen molar-refractivity contribution in [2.45, 2.75) is 19.8 Å². The van der Waals surface area contributed by atoms with E-state index in [4.69, 9.17) is 0 Å². The van der Waals surface area contributed by atoms with Gasteiger partial charge in [-0.05, 0) is 37.6 Å². The van der Waals surface area contributed by atoms with Crippen LogP contribution in [0.2, 0.25) is 0 Å². The van der Waals surface area contributed by atoms with Gasteiger partial charge in [-0.3, -0.25) is 4.79 Å². The smallest absolute Gasteiger partial charge is 0.231 e. The van der Waals surface area contributed by atoms with Crippen LogP contribution in [-0.4, -0.2) is 19.0 Å². The third-order valence-corrected chi connectivity index (χ3v) is 4.07. The monoisotopic (exact) mass is 314 g/mol. The molecule has 0 bridgehead atoms.